The molecule has 6 nitrogen and oxygen atoms in total. The van der Waals surface area contributed by atoms with Crippen LogP contribution in [0.15, 0.2) is 36.5 Å². The van der Waals surface area contributed by atoms with Gasteiger partial charge < -0.3 is 15.0 Å². The number of alkyl halides is 3. The van der Waals surface area contributed by atoms with Crippen molar-refractivity contribution in [3.8, 4) is 11.4 Å². The molecule has 0 unspecified atom stereocenters. The Kier molecular flexibility index (Phi) is 6.66. The molecule has 1 aliphatic carbocycles. The first-order valence-electron chi connectivity index (χ1n) is 12.7. The topological polar surface area (TPSA) is 82.1 Å². The molecule has 2 aromatic heterocycles. The average Bonchev–Trinajstić information content (AvgIpc) is 3.32. The van der Waals surface area contributed by atoms with Gasteiger partial charge in [-0.3, -0.25) is 4.79 Å². The number of benzene rings is 1. The Labute approximate surface area is 207 Å². The number of hydrogen-bond donors (Lipinski definition) is 2. The minimum absolute atomic E-state index is 0.0960. The van der Waals surface area contributed by atoms with Crippen LogP contribution in [0.1, 0.15) is 63.4 Å². The smallest absolute Gasteiger partial charge is 0.416 e. The number of aliphatic carboxylic acids is 1. The summed E-state index contributed by atoms with van der Waals surface area (Å²) in [6.45, 7) is 1.68. The molecule has 5 rings (SSSR count). The third-order valence-electron chi connectivity index (χ3n) is 8.22. The summed E-state index contributed by atoms with van der Waals surface area (Å²) in [5.74, 6) is 1.22. The van der Waals surface area contributed by atoms with Gasteiger partial charge in [0.25, 0.3) is 0 Å². The minimum atomic E-state index is -4.40. The molecule has 1 aromatic carbocycles. The fraction of sp³-hybridized carbons (Fsp3) is 0.519. The summed E-state index contributed by atoms with van der Waals surface area (Å²) in [6, 6.07) is 7.29. The van der Waals surface area contributed by atoms with Crippen molar-refractivity contribution in [2.45, 2.75) is 64.0 Å². The number of fused-ring (bicyclic) bond motifs is 1. The molecule has 1 saturated heterocycles. The molecule has 0 amide bonds. The molecule has 2 fully saturated rings. The van der Waals surface area contributed by atoms with Gasteiger partial charge in [0.1, 0.15) is 11.6 Å². The van der Waals surface area contributed by atoms with Gasteiger partial charge in [0.05, 0.1) is 16.6 Å². The molecule has 0 radical (unpaired) electrons. The number of imidazole rings is 1. The van der Waals surface area contributed by atoms with Crippen molar-refractivity contribution in [3.05, 3.63) is 42.1 Å². The molecular formula is C27H31F3N4O2. The second-order valence-corrected chi connectivity index (χ2v) is 10.3. The van der Waals surface area contributed by atoms with Crippen LogP contribution in [0.4, 0.5) is 19.0 Å². The molecule has 1 aliphatic heterocycles. The first-order valence-corrected chi connectivity index (χ1v) is 12.7. The highest BCUT2D eigenvalue weighted by molar-refractivity contribution is 5.80. The predicted molar refractivity (Wildman–Crippen MR) is 132 cm³/mol. The van der Waals surface area contributed by atoms with Gasteiger partial charge in [0, 0.05) is 31.3 Å². The zero-order valence-electron chi connectivity index (χ0n) is 20.2. The minimum Gasteiger partial charge on any atom is -0.481 e. The fourth-order valence-corrected chi connectivity index (χ4v) is 6.15. The van der Waals surface area contributed by atoms with Crippen molar-refractivity contribution < 1.29 is 23.1 Å². The van der Waals surface area contributed by atoms with Crippen LogP contribution in [0.3, 0.4) is 0 Å². The van der Waals surface area contributed by atoms with E-state index in [2.05, 4.69) is 19.9 Å². The molecule has 2 aliphatic rings. The highest BCUT2D eigenvalue weighted by Crippen LogP contribution is 2.49. The normalized spacial score (nSPS) is 19.0. The maximum atomic E-state index is 13.0. The van der Waals surface area contributed by atoms with Crippen LogP contribution in [0.5, 0.6) is 0 Å². The monoisotopic (exact) mass is 500 g/mol. The van der Waals surface area contributed by atoms with Gasteiger partial charge in [-0.2, -0.15) is 13.2 Å². The first kappa shape index (κ1) is 24.6. The second-order valence-electron chi connectivity index (χ2n) is 10.3. The zero-order valence-corrected chi connectivity index (χ0v) is 20.2. The lowest BCUT2D eigenvalue weighted by Crippen LogP contribution is -2.45. The van der Waals surface area contributed by atoms with Gasteiger partial charge in [-0.15, -0.1) is 0 Å². The van der Waals surface area contributed by atoms with Crippen LogP contribution in [0.25, 0.3) is 22.4 Å². The summed E-state index contributed by atoms with van der Waals surface area (Å²) in [5, 5.41) is 9.32. The second kappa shape index (κ2) is 9.75. The van der Waals surface area contributed by atoms with E-state index in [1.165, 1.54) is 38.2 Å². The van der Waals surface area contributed by atoms with Crippen LogP contribution in [0.2, 0.25) is 0 Å². The maximum absolute atomic E-state index is 13.0. The van der Waals surface area contributed by atoms with E-state index in [4.69, 9.17) is 0 Å². The van der Waals surface area contributed by atoms with Crippen LogP contribution >= 0.6 is 0 Å². The molecule has 36 heavy (non-hydrogen) atoms. The van der Waals surface area contributed by atoms with Gasteiger partial charge in [-0.05, 0) is 73.8 Å². The number of nitrogens with zero attached hydrogens (tertiary/aromatic N) is 3. The standard InChI is InChI=1S/C27H31F3N4O2/c28-27(29,30)20-7-8-21-22(16-20)33-25(32-21)18-6-9-23(31-17-18)34-14-12-26(13-15-34,11-10-24(35)36)19-4-2-1-3-5-19/h6-9,16-17,19H,1-5,10-15H2,(H,32,33)(H,35,36). The Hall–Kier alpha value is -3.10. The highest BCUT2D eigenvalue weighted by atomic mass is 19.4. The number of carboxylic acid groups (broad SMARTS) is 1. The maximum Gasteiger partial charge on any atom is 0.416 e. The number of nitrogens with one attached hydrogen (secondary N) is 1. The number of rotatable bonds is 6. The SMILES string of the molecule is O=C(O)CCC1(C2CCCCC2)CCN(c2ccc(-c3nc4ccc(C(F)(F)F)cc4[nH]3)cn2)CC1. The summed E-state index contributed by atoms with van der Waals surface area (Å²) >= 11 is 0. The number of aromatic nitrogens is 3. The molecule has 0 atom stereocenters. The number of halogens is 3. The van der Waals surface area contributed by atoms with Crippen molar-refractivity contribution in [1.82, 2.24) is 15.0 Å². The molecule has 1 saturated carbocycles. The Morgan fingerprint density at radius 2 is 1.86 bits per heavy atom. The number of anilines is 1. The number of aromatic amines is 1. The Morgan fingerprint density at radius 1 is 1.11 bits per heavy atom. The molecule has 9 heteroatoms. The molecule has 0 bridgehead atoms. The van der Waals surface area contributed by atoms with Crippen LogP contribution < -0.4 is 4.90 Å². The van der Waals surface area contributed by atoms with Gasteiger partial charge in [0.15, 0.2) is 0 Å². The molecule has 2 N–H and O–H groups in total. The lowest BCUT2D eigenvalue weighted by atomic mass is 9.61. The number of H-pyrrole nitrogens is 1. The van der Waals surface area contributed by atoms with E-state index in [1.54, 1.807) is 6.20 Å². The van der Waals surface area contributed by atoms with E-state index >= 15 is 0 Å². The third kappa shape index (κ3) is 5.06. The fourth-order valence-electron chi connectivity index (χ4n) is 6.15. The molecular weight excluding hydrogens is 469 g/mol. The van der Waals surface area contributed by atoms with E-state index in [9.17, 15) is 23.1 Å². The lowest BCUT2D eigenvalue weighted by molar-refractivity contribution is -0.138. The number of hydrogen-bond acceptors (Lipinski definition) is 4. The summed E-state index contributed by atoms with van der Waals surface area (Å²) in [6.07, 6.45) is 6.38. The van der Waals surface area contributed by atoms with Gasteiger partial charge in [-0.25, -0.2) is 9.97 Å². The number of carbonyl (C=O) groups is 1. The van der Waals surface area contributed by atoms with Crippen LogP contribution in [-0.4, -0.2) is 39.1 Å². The number of piperidine rings is 1. The van der Waals surface area contributed by atoms with E-state index in [0.29, 0.717) is 28.3 Å². The van der Waals surface area contributed by atoms with Crippen LogP contribution in [-0.2, 0) is 11.0 Å². The molecule has 3 aromatic rings. The van der Waals surface area contributed by atoms with Crippen molar-refractivity contribution >= 4 is 22.8 Å². The highest BCUT2D eigenvalue weighted by Gasteiger charge is 2.42. The lowest BCUT2D eigenvalue weighted by Gasteiger charge is -2.48. The van der Waals surface area contributed by atoms with Crippen molar-refractivity contribution in [1.29, 1.82) is 0 Å². The third-order valence-corrected chi connectivity index (χ3v) is 8.22. The Bertz CT molecular complexity index is 1210. The van der Waals surface area contributed by atoms with Gasteiger partial charge in [0.2, 0.25) is 0 Å². The van der Waals surface area contributed by atoms with Crippen molar-refractivity contribution in [2.75, 3.05) is 18.0 Å². The molecule has 3 heterocycles. The molecule has 192 valence electrons. The largest absolute Gasteiger partial charge is 0.481 e. The van der Waals surface area contributed by atoms with E-state index in [-0.39, 0.29) is 11.8 Å². The van der Waals surface area contributed by atoms with E-state index in [0.717, 1.165) is 50.3 Å². The summed E-state index contributed by atoms with van der Waals surface area (Å²) in [4.78, 5) is 25.6. The Morgan fingerprint density at radius 3 is 2.50 bits per heavy atom. The summed E-state index contributed by atoms with van der Waals surface area (Å²) in [5.41, 5.74) is 0.896. The number of pyridine rings is 1. The predicted octanol–water partition coefficient (Wildman–Crippen LogP) is 6.68. The Balaban J connectivity index is 1.29. The van der Waals surface area contributed by atoms with Crippen LogP contribution in [0, 0.1) is 11.3 Å². The quantitative estimate of drug-likeness (QED) is 0.395. The first-order chi connectivity index (χ1) is 17.2. The van der Waals surface area contributed by atoms with Crippen molar-refractivity contribution in [2.24, 2.45) is 11.3 Å². The average molecular weight is 501 g/mol. The van der Waals surface area contributed by atoms with Crippen molar-refractivity contribution in [3.63, 3.8) is 0 Å². The van der Waals surface area contributed by atoms with E-state index < -0.39 is 17.7 Å². The molecule has 0 spiro atoms. The summed E-state index contributed by atoms with van der Waals surface area (Å²) in [7, 11) is 0. The van der Waals surface area contributed by atoms with E-state index in [1.807, 2.05) is 12.1 Å². The number of carboxylic acids is 1. The van der Waals surface area contributed by atoms with Gasteiger partial charge >= 0.3 is 12.1 Å². The summed E-state index contributed by atoms with van der Waals surface area (Å²) < 4.78 is 39.1. The van der Waals surface area contributed by atoms with Gasteiger partial charge in [-0.1, -0.05) is 19.3 Å². The zero-order chi connectivity index (χ0) is 25.3.